The largest absolute Gasteiger partial charge is 0.393 e. The Kier molecular flexibility index (Phi) is 4.22. The third-order valence-electron chi connectivity index (χ3n) is 2.81. The van der Waals surface area contributed by atoms with Crippen LogP contribution < -0.4 is 5.73 Å². The zero-order chi connectivity index (χ0) is 13.2. The van der Waals surface area contributed by atoms with Crippen LogP contribution in [0.2, 0.25) is 0 Å². The number of carbonyl (C=O) groups excluding carboxylic acids is 1. The molecule has 0 bridgehead atoms. The van der Waals surface area contributed by atoms with E-state index < -0.39 is 0 Å². The summed E-state index contributed by atoms with van der Waals surface area (Å²) < 4.78 is 1.68. The van der Waals surface area contributed by atoms with E-state index in [1.165, 1.54) is 0 Å². The molecule has 0 saturated carbocycles. The van der Waals surface area contributed by atoms with Crippen molar-refractivity contribution in [1.29, 1.82) is 0 Å². The molecule has 0 spiro atoms. The molecule has 1 aromatic heterocycles. The molecule has 1 atom stereocenters. The Bertz CT molecular complexity index is 421. The monoisotopic (exact) mass is 254 g/mol. The number of aryl methyl sites for hydroxylation is 2. The van der Waals surface area contributed by atoms with Crippen molar-refractivity contribution in [3.8, 4) is 0 Å². The molecular weight excluding hydrogens is 236 g/mol. The molecule has 0 radical (unpaired) electrons. The number of nitrogens with two attached hydrogens (primary N) is 1. The second-order valence-electron chi connectivity index (χ2n) is 4.23. The summed E-state index contributed by atoms with van der Waals surface area (Å²) in [5, 5.41) is 4.15. The molecule has 1 heterocycles. The molecule has 0 aliphatic rings. The number of thiocarbonyl (C=S) groups is 1. The van der Waals surface area contributed by atoms with Crippen LogP contribution in [0.15, 0.2) is 6.07 Å². The molecule has 2 N–H and O–H groups in total. The highest BCUT2D eigenvalue weighted by atomic mass is 32.1. The highest BCUT2D eigenvalue weighted by molar-refractivity contribution is 7.80. The number of amides is 1. The van der Waals surface area contributed by atoms with E-state index in [1.807, 2.05) is 20.9 Å². The summed E-state index contributed by atoms with van der Waals surface area (Å²) in [6.07, 6.45) is 0.517. The first-order valence-corrected chi connectivity index (χ1v) is 5.80. The predicted molar refractivity (Wildman–Crippen MR) is 70.9 cm³/mol. The van der Waals surface area contributed by atoms with E-state index in [-0.39, 0.29) is 11.9 Å². The van der Waals surface area contributed by atoms with Crippen molar-refractivity contribution in [2.75, 3.05) is 7.05 Å². The second kappa shape index (κ2) is 5.27. The highest BCUT2D eigenvalue weighted by Gasteiger charge is 2.20. The highest BCUT2D eigenvalue weighted by Crippen LogP contribution is 2.09. The Morgan fingerprint density at radius 2 is 2.29 bits per heavy atom. The van der Waals surface area contributed by atoms with Crippen molar-refractivity contribution in [3.63, 3.8) is 0 Å². The fourth-order valence-electron chi connectivity index (χ4n) is 1.47. The summed E-state index contributed by atoms with van der Waals surface area (Å²) in [6.45, 7) is 3.81. The number of aromatic nitrogens is 2. The van der Waals surface area contributed by atoms with Gasteiger partial charge in [-0.2, -0.15) is 5.10 Å². The number of hydrogen-bond donors (Lipinski definition) is 1. The van der Waals surface area contributed by atoms with Crippen LogP contribution in [0, 0.1) is 6.92 Å². The Morgan fingerprint density at radius 1 is 1.71 bits per heavy atom. The van der Waals surface area contributed by atoms with Crippen LogP contribution in [0.4, 0.5) is 0 Å². The Hall–Kier alpha value is -1.43. The van der Waals surface area contributed by atoms with Crippen LogP contribution in [0.25, 0.3) is 0 Å². The number of nitrogens with zero attached hydrogens (tertiary/aromatic N) is 3. The van der Waals surface area contributed by atoms with Gasteiger partial charge in [0.25, 0.3) is 5.91 Å². The maximum absolute atomic E-state index is 12.1. The average Bonchev–Trinajstić information content (AvgIpc) is 2.56. The Morgan fingerprint density at radius 3 is 2.71 bits per heavy atom. The molecular formula is C11H18N4OS. The van der Waals surface area contributed by atoms with Crippen LogP contribution >= 0.6 is 12.2 Å². The van der Waals surface area contributed by atoms with E-state index in [2.05, 4.69) is 5.10 Å². The molecule has 0 aromatic carbocycles. The first-order valence-electron chi connectivity index (χ1n) is 5.39. The van der Waals surface area contributed by atoms with Gasteiger partial charge < -0.3 is 10.6 Å². The van der Waals surface area contributed by atoms with Crippen LogP contribution in [0.3, 0.4) is 0 Å². The van der Waals surface area contributed by atoms with Gasteiger partial charge in [-0.3, -0.25) is 9.48 Å². The Labute approximate surface area is 107 Å². The van der Waals surface area contributed by atoms with Crippen molar-refractivity contribution in [3.05, 3.63) is 17.5 Å². The lowest BCUT2D eigenvalue weighted by molar-refractivity contribution is 0.0741. The van der Waals surface area contributed by atoms with E-state index >= 15 is 0 Å². The Balaban J connectivity index is 2.79. The predicted octanol–water partition coefficient (Wildman–Crippen LogP) is 0.865. The number of rotatable bonds is 4. The van der Waals surface area contributed by atoms with Gasteiger partial charge in [0.05, 0.1) is 4.99 Å². The van der Waals surface area contributed by atoms with Crippen molar-refractivity contribution in [2.24, 2.45) is 12.8 Å². The van der Waals surface area contributed by atoms with Crippen LogP contribution in [-0.2, 0) is 7.05 Å². The number of hydrogen-bond acceptors (Lipinski definition) is 3. The first-order chi connectivity index (χ1) is 7.82. The molecule has 1 amide bonds. The van der Waals surface area contributed by atoms with Gasteiger partial charge in [-0.15, -0.1) is 0 Å². The minimum atomic E-state index is -0.113. The lowest BCUT2D eigenvalue weighted by Gasteiger charge is -2.23. The third-order valence-corrected chi connectivity index (χ3v) is 2.98. The molecule has 6 heteroatoms. The second-order valence-corrected chi connectivity index (χ2v) is 4.75. The van der Waals surface area contributed by atoms with Crippen molar-refractivity contribution >= 4 is 23.1 Å². The van der Waals surface area contributed by atoms with Crippen molar-refractivity contribution < 1.29 is 4.79 Å². The average molecular weight is 254 g/mol. The van der Waals surface area contributed by atoms with E-state index in [0.29, 0.717) is 17.1 Å². The van der Waals surface area contributed by atoms with Gasteiger partial charge in [0.1, 0.15) is 0 Å². The topological polar surface area (TPSA) is 64.2 Å². The number of carbonyl (C=O) groups is 1. The molecule has 5 nitrogen and oxygen atoms in total. The molecule has 1 rings (SSSR count). The van der Waals surface area contributed by atoms with Crippen molar-refractivity contribution in [1.82, 2.24) is 14.7 Å². The maximum Gasteiger partial charge on any atom is 0.274 e. The van der Waals surface area contributed by atoms with E-state index in [0.717, 1.165) is 5.69 Å². The molecule has 1 unspecified atom stereocenters. The van der Waals surface area contributed by atoms with E-state index in [4.69, 9.17) is 18.0 Å². The lowest BCUT2D eigenvalue weighted by atomic mass is 10.2. The quantitative estimate of drug-likeness (QED) is 0.810. The molecule has 17 heavy (non-hydrogen) atoms. The van der Waals surface area contributed by atoms with Gasteiger partial charge >= 0.3 is 0 Å². The van der Waals surface area contributed by atoms with Gasteiger partial charge in [-0.25, -0.2) is 0 Å². The smallest absolute Gasteiger partial charge is 0.274 e. The van der Waals surface area contributed by atoms with E-state index in [1.54, 1.807) is 22.7 Å². The first kappa shape index (κ1) is 13.6. The molecule has 0 aliphatic carbocycles. The molecule has 94 valence electrons. The van der Waals surface area contributed by atoms with E-state index in [9.17, 15) is 4.79 Å². The van der Waals surface area contributed by atoms with Gasteiger partial charge in [0.15, 0.2) is 5.69 Å². The summed E-state index contributed by atoms with van der Waals surface area (Å²) >= 11 is 4.84. The normalized spacial score (nSPS) is 12.2. The standard InChI is InChI=1S/C11H18N4OS/c1-7(6-10(12)17)14(3)11(16)9-5-8(2)15(4)13-9/h5,7H,6H2,1-4H3,(H2,12,17). The SMILES string of the molecule is Cc1cc(C(=O)N(C)C(C)CC(N)=S)nn1C. The van der Waals surface area contributed by atoms with Crippen molar-refractivity contribution in [2.45, 2.75) is 26.3 Å². The zero-order valence-electron chi connectivity index (χ0n) is 10.6. The van der Waals surface area contributed by atoms with Gasteiger partial charge in [-0.05, 0) is 19.9 Å². The summed E-state index contributed by atoms with van der Waals surface area (Å²) in [5.74, 6) is -0.113. The summed E-state index contributed by atoms with van der Waals surface area (Å²) in [5.41, 5.74) is 6.87. The maximum atomic E-state index is 12.1. The van der Waals surface area contributed by atoms with Gasteiger partial charge in [-0.1, -0.05) is 12.2 Å². The summed E-state index contributed by atoms with van der Waals surface area (Å²) in [7, 11) is 3.54. The van der Waals surface area contributed by atoms with Crippen LogP contribution in [0.5, 0.6) is 0 Å². The van der Waals surface area contributed by atoms with Crippen LogP contribution in [0.1, 0.15) is 29.5 Å². The fraction of sp³-hybridized carbons (Fsp3) is 0.545. The van der Waals surface area contributed by atoms with Gasteiger partial charge in [0, 0.05) is 32.3 Å². The molecule has 1 aromatic rings. The molecule has 0 aliphatic heterocycles. The zero-order valence-corrected chi connectivity index (χ0v) is 11.4. The minimum absolute atomic E-state index is 0.0256. The lowest BCUT2D eigenvalue weighted by Crippen LogP contribution is -2.37. The molecule has 0 fully saturated rings. The minimum Gasteiger partial charge on any atom is -0.393 e. The summed E-state index contributed by atoms with van der Waals surface area (Å²) in [6, 6.07) is 1.74. The fourth-order valence-corrected chi connectivity index (χ4v) is 1.72. The summed E-state index contributed by atoms with van der Waals surface area (Å²) in [4.78, 5) is 14.1. The van der Waals surface area contributed by atoms with Gasteiger partial charge in [0.2, 0.25) is 0 Å². The third kappa shape index (κ3) is 3.26. The van der Waals surface area contributed by atoms with Crippen LogP contribution in [-0.4, -0.2) is 38.7 Å². The molecule has 0 saturated heterocycles.